The zero-order chi connectivity index (χ0) is 17.6. The summed E-state index contributed by atoms with van der Waals surface area (Å²) < 4.78 is 4.75. The maximum atomic E-state index is 12.8. The molecule has 0 radical (unpaired) electrons. The summed E-state index contributed by atoms with van der Waals surface area (Å²) in [4.78, 5) is 42.3. The van der Waals surface area contributed by atoms with Gasteiger partial charge in [-0.15, -0.1) is 5.16 Å². The Balaban J connectivity index is 0.00000529. The molecule has 1 unspecified atom stereocenters. The van der Waals surface area contributed by atoms with Crippen LogP contribution in [0.4, 0.5) is 0 Å². The van der Waals surface area contributed by atoms with E-state index in [-0.39, 0.29) is 60.0 Å². The number of hydrogen-bond acceptors (Lipinski definition) is 6. The van der Waals surface area contributed by atoms with Crippen LogP contribution in [0.3, 0.4) is 0 Å². The quantitative estimate of drug-likeness (QED) is 0.0889. The van der Waals surface area contributed by atoms with Gasteiger partial charge >= 0.3 is 35.5 Å². The molecule has 6 nitrogen and oxygen atoms in total. The van der Waals surface area contributed by atoms with E-state index in [1.54, 1.807) is 13.8 Å². The van der Waals surface area contributed by atoms with E-state index in [9.17, 15) is 14.4 Å². The molecule has 0 aliphatic heterocycles. The molecule has 0 aromatic rings. The number of oxime groups is 1. The molecular formula is C17H24NNaO5. The van der Waals surface area contributed by atoms with Crippen molar-refractivity contribution in [2.24, 2.45) is 16.5 Å². The van der Waals surface area contributed by atoms with E-state index < -0.39 is 23.1 Å². The van der Waals surface area contributed by atoms with Crippen LogP contribution in [0.5, 0.6) is 0 Å². The Morgan fingerprint density at radius 2 is 2.08 bits per heavy atom. The monoisotopic (exact) mass is 345 g/mol. The normalized spacial score (nSPS) is 20.2. The second kappa shape index (κ2) is 10.0. The molecule has 7 heteroatoms. The molecule has 128 valence electrons. The third-order valence-electron chi connectivity index (χ3n) is 3.76. The van der Waals surface area contributed by atoms with Gasteiger partial charge in [0.15, 0.2) is 0 Å². The van der Waals surface area contributed by atoms with Crippen LogP contribution in [0, 0.1) is 17.3 Å². The molecule has 0 bridgehead atoms. The van der Waals surface area contributed by atoms with Gasteiger partial charge in [0.25, 0.3) is 0 Å². The van der Waals surface area contributed by atoms with Crippen LogP contribution in [-0.4, -0.2) is 37.0 Å². The average Bonchev–Trinajstić information content (AvgIpc) is 2.45. The van der Waals surface area contributed by atoms with Gasteiger partial charge in [-0.25, -0.2) is 5.92 Å². The average molecular weight is 345 g/mol. The Morgan fingerprint density at radius 3 is 2.58 bits per heavy atom. The molecular weight excluding hydrogens is 321 g/mol. The van der Waals surface area contributed by atoms with E-state index in [1.165, 1.54) is 13.2 Å². The van der Waals surface area contributed by atoms with Gasteiger partial charge in [-0.05, 0) is 18.3 Å². The maximum absolute atomic E-state index is 12.8. The minimum absolute atomic E-state index is 0. The van der Waals surface area contributed by atoms with Crippen LogP contribution < -0.4 is 29.6 Å². The summed E-state index contributed by atoms with van der Waals surface area (Å²) in [6.45, 7) is 9.03. The maximum Gasteiger partial charge on any atom is 1.00 e. The first-order valence-electron chi connectivity index (χ1n) is 7.62. The fourth-order valence-corrected chi connectivity index (χ4v) is 2.71. The van der Waals surface area contributed by atoms with Crippen molar-refractivity contribution in [3.05, 3.63) is 18.6 Å². The van der Waals surface area contributed by atoms with Gasteiger partial charge in [-0.3, -0.25) is 4.79 Å². The molecule has 0 spiro atoms. The van der Waals surface area contributed by atoms with E-state index in [4.69, 9.17) is 9.57 Å². The molecule has 0 heterocycles. The van der Waals surface area contributed by atoms with Crippen molar-refractivity contribution in [2.45, 2.75) is 40.0 Å². The van der Waals surface area contributed by atoms with Crippen molar-refractivity contribution in [2.75, 3.05) is 13.7 Å². The van der Waals surface area contributed by atoms with Crippen LogP contribution in [0.15, 0.2) is 17.8 Å². The summed E-state index contributed by atoms with van der Waals surface area (Å²) in [5, 5.41) is 3.91. The number of ketones is 2. The van der Waals surface area contributed by atoms with Crippen molar-refractivity contribution < 1.29 is 53.5 Å². The Hall–Kier alpha value is -1.11. The minimum atomic E-state index is -1.01. The molecule has 1 fully saturated rings. The van der Waals surface area contributed by atoms with Gasteiger partial charge in [0, 0.05) is 11.6 Å². The number of esters is 1. The number of methoxy groups -OCH3 is 1. The van der Waals surface area contributed by atoms with Crippen LogP contribution in [-0.2, 0) is 24.0 Å². The fourth-order valence-electron chi connectivity index (χ4n) is 2.71. The predicted octanol–water partition coefficient (Wildman–Crippen LogP) is -0.719. The molecule has 0 aromatic carbocycles. The van der Waals surface area contributed by atoms with E-state index in [0.29, 0.717) is 12.8 Å². The van der Waals surface area contributed by atoms with Gasteiger partial charge < -0.3 is 19.2 Å². The standard InChI is InChI=1S/C17H24NO5.Na/c1-6-8-11(18-23-9-7-2)13-12(19)10-17(3,4)14(15(13)20)16(21)22-5;/h7,14H,2,6,8-10H2,1,3-5H3;/q-1;+1. The number of nitrogens with zero attached hydrogens (tertiary/aromatic N) is 1. The second-order valence-corrected chi connectivity index (χ2v) is 6.16. The van der Waals surface area contributed by atoms with Crippen molar-refractivity contribution >= 4 is 23.2 Å². The number of carbonyl (C=O) groups is 3. The molecule has 1 saturated carbocycles. The van der Waals surface area contributed by atoms with Gasteiger partial charge in [-0.2, -0.15) is 0 Å². The molecule has 1 rings (SSSR count). The Kier molecular flexibility index (Phi) is 9.55. The molecule has 0 aromatic heterocycles. The number of hydrogen-bond donors (Lipinski definition) is 0. The topological polar surface area (TPSA) is 82.0 Å². The Labute approximate surface area is 165 Å². The Bertz CT molecular complexity index is 527. The van der Waals surface area contributed by atoms with E-state index in [2.05, 4.69) is 11.7 Å². The van der Waals surface area contributed by atoms with E-state index >= 15 is 0 Å². The first-order chi connectivity index (χ1) is 10.8. The zero-order valence-corrected chi connectivity index (χ0v) is 17.2. The fraction of sp³-hybridized carbons (Fsp3) is 0.588. The predicted molar refractivity (Wildman–Crippen MR) is 85.7 cm³/mol. The van der Waals surface area contributed by atoms with Crippen molar-refractivity contribution in [3.8, 4) is 0 Å². The molecule has 0 saturated heterocycles. The first-order valence-corrected chi connectivity index (χ1v) is 7.62. The van der Waals surface area contributed by atoms with Gasteiger partial charge in [0.1, 0.15) is 6.61 Å². The minimum Gasteiger partial charge on any atom is -0.469 e. The summed E-state index contributed by atoms with van der Waals surface area (Å²) in [7, 11) is 1.23. The van der Waals surface area contributed by atoms with Crippen molar-refractivity contribution in [1.82, 2.24) is 0 Å². The third-order valence-corrected chi connectivity index (χ3v) is 3.76. The zero-order valence-electron chi connectivity index (χ0n) is 15.2. The van der Waals surface area contributed by atoms with Crippen molar-refractivity contribution in [1.29, 1.82) is 0 Å². The molecule has 1 atom stereocenters. The third kappa shape index (κ3) is 5.19. The van der Waals surface area contributed by atoms with Crippen LogP contribution in [0.1, 0.15) is 40.0 Å². The Morgan fingerprint density at radius 1 is 1.46 bits per heavy atom. The first kappa shape index (κ1) is 22.9. The van der Waals surface area contributed by atoms with Gasteiger partial charge in [0.05, 0.1) is 13.0 Å². The molecule has 1 aliphatic rings. The summed E-state index contributed by atoms with van der Waals surface area (Å²) in [6.07, 6.45) is 2.70. The van der Waals surface area contributed by atoms with Crippen molar-refractivity contribution in [3.63, 3.8) is 0 Å². The van der Waals surface area contributed by atoms with Gasteiger partial charge in [-0.1, -0.05) is 45.6 Å². The smallest absolute Gasteiger partial charge is 0.469 e. The number of carbonyl (C=O) groups excluding carboxylic acids is 3. The van der Waals surface area contributed by atoms with Crippen LogP contribution >= 0.6 is 0 Å². The summed E-state index contributed by atoms with van der Waals surface area (Å²) >= 11 is 0. The molecule has 24 heavy (non-hydrogen) atoms. The number of rotatable bonds is 7. The number of Topliss-reactive ketones (excluding diaryl/α,β-unsaturated/α-hetero) is 2. The number of ether oxygens (including phenoxy) is 1. The molecule has 0 amide bonds. The summed E-state index contributed by atoms with van der Waals surface area (Å²) in [6, 6.07) is 0. The second-order valence-electron chi connectivity index (χ2n) is 6.16. The largest absolute Gasteiger partial charge is 1.00 e. The van der Waals surface area contributed by atoms with E-state index in [1.807, 2.05) is 6.92 Å². The van der Waals surface area contributed by atoms with Crippen LogP contribution in [0.25, 0.3) is 0 Å². The van der Waals surface area contributed by atoms with E-state index in [0.717, 1.165) is 0 Å². The molecule has 1 aliphatic carbocycles. The summed E-state index contributed by atoms with van der Waals surface area (Å²) in [5.74, 6) is -2.53. The molecule has 0 N–H and O–H groups in total. The van der Waals surface area contributed by atoms with Gasteiger partial charge in [0.2, 0.25) is 0 Å². The SMILES string of the molecule is C=CCON=C(CCC)[C-]1C(=O)CC(C)(C)C(C(=O)OC)C1=O.[Na+]. The summed E-state index contributed by atoms with van der Waals surface area (Å²) in [5.41, 5.74) is -0.502. The van der Waals surface area contributed by atoms with Crippen LogP contribution in [0.2, 0.25) is 0 Å².